The highest BCUT2D eigenvalue weighted by molar-refractivity contribution is 5.52. The van der Waals surface area contributed by atoms with Gasteiger partial charge in [-0.05, 0) is 13.0 Å². The normalized spacial score (nSPS) is 10.3. The number of nitrogen functional groups attached to an aromatic ring is 1. The second-order valence-corrected chi connectivity index (χ2v) is 3.24. The van der Waals surface area contributed by atoms with Gasteiger partial charge < -0.3 is 5.43 Å². The molecule has 6 nitrogen and oxygen atoms in total. The highest BCUT2D eigenvalue weighted by atomic mass is 15.3. The van der Waals surface area contributed by atoms with E-state index in [-0.39, 0.29) is 0 Å². The summed E-state index contributed by atoms with van der Waals surface area (Å²) in [6.07, 6.45) is 1.84. The number of rotatable bonds is 2. The quantitative estimate of drug-likeness (QED) is 0.549. The van der Waals surface area contributed by atoms with E-state index in [0.29, 0.717) is 11.6 Å². The van der Waals surface area contributed by atoms with Crippen molar-refractivity contribution in [2.24, 2.45) is 12.9 Å². The lowest BCUT2D eigenvalue weighted by molar-refractivity contribution is 0.768. The fourth-order valence-corrected chi connectivity index (χ4v) is 1.29. The van der Waals surface area contributed by atoms with Gasteiger partial charge in [0.15, 0.2) is 5.82 Å². The van der Waals surface area contributed by atoms with Crippen molar-refractivity contribution >= 4 is 5.82 Å². The highest BCUT2D eigenvalue weighted by Crippen LogP contribution is 2.14. The van der Waals surface area contributed by atoms with Gasteiger partial charge in [-0.2, -0.15) is 5.10 Å². The van der Waals surface area contributed by atoms with E-state index in [4.69, 9.17) is 5.84 Å². The number of hydrazine groups is 1. The van der Waals surface area contributed by atoms with E-state index < -0.39 is 0 Å². The average Bonchev–Trinajstić information content (AvgIpc) is 2.64. The standard InChI is InChI=1S/C9H12N6/c1-6-5-8(13-10)12-9(11-6)7-3-4-15(2)14-7/h3-5H,10H2,1-2H3,(H,11,12,13). The highest BCUT2D eigenvalue weighted by Gasteiger charge is 2.06. The monoisotopic (exact) mass is 204 g/mol. The maximum Gasteiger partial charge on any atom is 0.182 e. The first-order chi connectivity index (χ1) is 7.19. The Morgan fingerprint density at radius 1 is 1.40 bits per heavy atom. The van der Waals surface area contributed by atoms with Crippen LogP contribution < -0.4 is 11.3 Å². The minimum Gasteiger partial charge on any atom is -0.308 e. The molecule has 78 valence electrons. The number of hydrogen-bond acceptors (Lipinski definition) is 5. The van der Waals surface area contributed by atoms with E-state index in [2.05, 4.69) is 20.5 Å². The maximum atomic E-state index is 5.30. The summed E-state index contributed by atoms with van der Waals surface area (Å²) >= 11 is 0. The summed E-state index contributed by atoms with van der Waals surface area (Å²) in [6, 6.07) is 3.63. The van der Waals surface area contributed by atoms with Crippen LogP contribution in [0.3, 0.4) is 0 Å². The molecule has 2 aromatic heterocycles. The van der Waals surface area contributed by atoms with E-state index in [0.717, 1.165) is 11.4 Å². The summed E-state index contributed by atoms with van der Waals surface area (Å²) in [7, 11) is 1.85. The molecule has 2 heterocycles. The molecular formula is C9H12N6. The fourth-order valence-electron chi connectivity index (χ4n) is 1.29. The zero-order chi connectivity index (χ0) is 10.8. The maximum absolute atomic E-state index is 5.30. The van der Waals surface area contributed by atoms with Gasteiger partial charge in [0, 0.05) is 25.0 Å². The SMILES string of the molecule is Cc1cc(NN)nc(-c2ccn(C)n2)n1. The topological polar surface area (TPSA) is 81.6 Å². The van der Waals surface area contributed by atoms with Crippen LogP contribution in [0, 0.1) is 6.92 Å². The molecule has 0 atom stereocenters. The van der Waals surface area contributed by atoms with Crippen molar-refractivity contribution < 1.29 is 0 Å². The van der Waals surface area contributed by atoms with E-state index in [1.807, 2.05) is 26.2 Å². The van der Waals surface area contributed by atoms with Crippen LogP contribution in [0.15, 0.2) is 18.3 Å². The van der Waals surface area contributed by atoms with Crippen LogP contribution >= 0.6 is 0 Å². The van der Waals surface area contributed by atoms with Crippen molar-refractivity contribution in [3.05, 3.63) is 24.0 Å². The smallest absolute Gasteiger partial charge is 0.182 e. The zero-order valence-electron chi connectivity index (χ0n) is 8.60. The molecule has 0 saturated carbocycles. The molecule has 0 fully saturated rings. The fraction of sp³-hybridized carbons (Fsp3) is 0.222. The van der Waals surface area contributed by atoms with Crippen LogP contribution in [0.5, 0.6) is 0 Å². The van der Waals surface area contributed by atoms with E-state index in [1.165, 1.54) is 0 Å². The molecule has 0 aliphatic carbocycles. The molecule has 3 N–H and O–H groups in total. The first-order valence-electron chi connectivity index (χ1n) is 4.51. The second-order valence-electron chi connectivity index (χ2n) is 3.24. The molecule has 2 aromatic rings. The minimum absolute atomic E-state index is 0.573. The van der Waals surface area contributed by atoms with Gasteiger partial charge >= 0.3 is 0 Å². The van der Waals surface area contributed by atoms with Crippen molar-refractivity contribution in [3.63, 3.8) is 0 Å². The van der Waals surface area contributed by atoms with Gasteiger partial charge in [0.1, 0.15) is 11.5 Å². The average molecular weight is 204 g/mol. The van der Waals surface area contributed by atoms with Crippen LogP contribution in [0.2, 0.25) is 0 Å². The summed E-state index contributed by atoms with van der Waals surface area (Å²) in [4.78, 5) is 8.50. The van der Waals surface area contributed by atoms with Crippen molar-refractivity contribution in [2.75, 3.05) is 5.43 Å². The Bertz CT molecular complexity index is 475. The van der Waals surface area contributed by atoms with Crippen molar-refractivity contribution in [1.82, 2.24) is 19.7 Å². The van der Waals surface area contributed by atoms with Gasteiger partial charge in [-0.1, -0.05) is 0 Å². The molecule has 6 heteroatoms. The molecular weight excluding hydrogens is 192 g/mol. The minimum atomic E-state index is 0.573. The predicted molar refractivity (Wildman–Crippen MR) is 56.8 cm³/mol. The lowest BCUT2D eigenvalue weighted by Crippen LogP contribution is -2.10. The summed E-state index contributed by atoms with van der Waals surface area (Å²) < 4.78 is 1.70. The first-order valence-corrected chi connectivity index (χ1v) is 4.51. The number of hydrogen-bond donors (Lipinski definition) is 2. The summed E-state index contributed by atoms with van der Waals surface area (Å²) in [5.74, 6) is 6.46. The van der Waals surface area contributed by atoms with Gasteiger partial charge in [-0.25, -0.2) is 15.8 Å². The summed E-state index contributed by atoms with van der Waals surface area (Å²) in [6.45, 7) is 1.88. The number of nitrogens with zero attached hydrogens (tertiary/aromatic N) is 4. The van der Waals surface area contributed by atoms with Gasteiger partial charge in [-0.3, -0.25) is 4.68 Å². The van der Waals surface area contributed by atoms with Crippen LogP contribution in [0.25, 0.3) is 11.5 Å². The Hall–Kier alpha value is -1.95. The molecule has 0 radical (unpaired) electrons. The molecule has 0 aliphatic rings. The van der Waals surface area contributed by atoms with Crippen LogP contribution in [0.4, 0.5) is 5.82 Å². The molecule has 0 bridgehead atoms. The lowest BCUT2D eigenvalue weighted by atomic mass is 10.3. The molecule has 2 rings (SSSR count). The Kier molecular flexibility index (Phi) is 2.34. The Morgan fingerprint density at radius 3 is 2.80 bits per heavy atom. The molecule has 0 spiro atoms. The first kappa shape index (κ1) is 9.60. The third-order valence-electron chi connectivity index (χ3n) is 1.94. The van der Waals surface area contributed by atoms with Crippen LogP contribution in [-0.4, -0.2) is 19.7 Å². The number of aryl methyl sites for hydroxylation is 2. The Morgan fingerprint density at radius 2 is 2.20 bits per heavy atom. The van der Waals surface area contributed by atoms with Gasteiger partial charge in [0.05, 0.1) is 0 Å². The molecule has 0 aromatic carbocycles. The van der Waals surface area contributed by atoms with Gasteiger partial charge in [-0.15, -0.1) is 0 Å². The van der Waals surface area contributed by atoms with Gasteiger partial charge in [0.25, 0.3) is 0 Å². The van der Waals surface area contributed by atoms with Crippen molar-refractivity contribution in [3.8, 4) is 11.5 Å². The number of aromatic nitrogens is 4. The van der Waals surface area contributed by atoms with Crippen molar-refractivity contribution in [1.29, 1.82) is 0 Å². The van der Waals surface area contributed by atoms with E-state index in [1.54, 1.807) is 10.7 Å². The van der Waals surface area contributed by atoms with E-state index in [9.17, 15) is 0 Å². The summed E-state index contributed by atoms with van der Waals surface area (Å²) in [5, 5.41) is 4.22. The molecule has 15 heavy (non-hydrogen) atoms. The molecule has 0 unspecified atom stereocenters. The number of nitrogens with one attached hydrogen (secondary N) is 1. The number of anilines is 1. The zero-order valence-corrected chi connectivity index (χ0v) is 8.60. The predicted octanol–water partition coefficient (Wildman–Crippen LogP) is 0.471. The largest absolute Gasteiger partial charge is 0.308 e. The van der Waals surface area contributed by atoms with Crippen LogP contribution in [0.1, 0.15) is 5.69 Å². The molecule has 0 saturated heterocycles. The van der Waals surface area contributed by atoms with Crippen molar-refractivity contribution in [2.45, 2.75) is 6.92 Å². The molecule has 0 amide bonds. The van der Waals surface area contributed by atoms with Crippen LogP contribution in [-0.2, 0) is 7.05 Å². The third-order valence-corrected chi connectivity index (χ3v) is 1.94. The van der Waals surface area contributed by atoms with E-state index >= 15 is 0 Å². The third kappa shape index (κ3) is 1.94. The Labute approximate surface area is 87.1 Å². The lowest BCUT2D eigenvalue weighted by Gasteiger charge is -2.02. The Balaban J connectivity index is 2.48. The molecule has 0 aliphatic heterocycles. The van der Waals surface area contributed by atoms with Gasteiger partial charge in [0.2, 0.25) is 0 Å². The second kappa shape index (κ2) is 3.66. The number of nitrogens with two attached hydrogens (primary N) is 1. The summed E-state index contributed by atoms with van der Waals surface area (Å²) in [5.41, 5.74) is 4.08.